The van der Waals surface area contributed by atoms with E-state index in [9.17, 15) is 4.79 Å². The number of nitrogens with zero attached hydrogens (tertiary/aromatic N) is 6. The van der Waals surface area contributed by atoms with Crippen LogP contribution < -0.4 is 10.5 Å². The SMILES string of the molecule is Cc1cc(=O)n(C2CCCC2)c2nc(N3CCN(Cc4ccccn4)CC3)ncc12. The van der Waals surface area contributed by atoms with Gasteiger partial charge in [-0.25, -0.2) is 4.98 Å². The average Bonchev–Trinajstić information content (AvgIpc) is 3.29. The van der Waals surface area contributed by atoms with Gasteiger partial charge in [-0.05, 0) is 37.5 Å². The van der Waals surface area contributed by atoms with Crippen LogP contribution in [0.2, 0.25) is 0 Å². The van der Waals surface area contributed by atoms with Crippen molar-refractivity contribution in [3.05, 3.63) is 58.3 Å². The predicted molar refractivity (Wildman–Crippen MR) is 118 cm³/mol. The second kappa shape index (κ2) is 8.14. The molecule has 1 aliphatic carbocycles. The van der Waals surface area contributed by atoms with Crippen molar-refractivity contribution < 1.29 is 0 Å². The van der Waals surface area contributed by atoms with Crippen LogP contribution in [0.3, 0.4) is 0 Å². The van der Waals surface area contributed by atoms with Gasteiger partial charge in [-0.2, -0.15) is 4.98 Å². The Bertz CT molecular complexity index is 1080. The molecule has 7 heteroatoms. The molecule has 0 amide bonds. The zero-order valence-electron chi connectivity index (χ0n) is 17.5. The van der Waals surface area contributed by atoms with E-state index in [1.54, 1.807) is 6.07 Å². The third-order valence-corrected chi connectivity index (χ3v) is 6.44. The van der Waals surface area contributed by atoms with Crippen molar-refractivity contribution >= 4 is 17.0 Å². The van der Waals surface area contributed by atoms with E-state index in [0.717, 1.165) is 73.8 Å². The van der Waals surface area contributed by atoms with E-state index in [0.29, 0.717) is 0 Å². The molecule has 0 N–H and O–H groups in total. The second-order valence-corrected chi connectivity index (χ2v) is 8.47. The molecule has 2 fully saturated rings. The molecule has 1 saturated heterocycles. The highest BCUT2D eigenvalue weighted by atomic mass is 16.1. The Morgan fingerprint density at radius 2 is 1.87 bits per heavy atom. The lowest BCUT2D eigenvalue weighted by Crippen LogP contribution is -2.46. The van der Waals surface area contributed by atoms with Gasteiger partial charge in [-0.1, -0.05) is 18.9 Å². The zero-order valence-corrected chi connectivity index (χ0v) is 17.5. The largest absolute Gasteiger partial charge is 0.338 e. The Labute approximate surface area is 176 Å². The van der Waals surface area contributed by atoms with Crippen molar-refractivity contribution in [3.8, 4) is 0 Å². The fourth-order valence-corrected chi connectivity index (χ4v) is 4.76. The number of rotatable bonds is 4. The van der Waals surface area contributed by atoms with Crippen LogP contribution >= 0.6 is 0 Å². The molecule has 0 aromatic carbocycles. The number of hydrogen-bond donors (Lipinski definition) is 0. The third kappa shape index (κ3) is 3.69. The van der Waals surface area contributed by atoms with Crippen LogP contribution in [0.15, 0.2) is 41.5 Å². The number of aromatic nitrogens is 4. The van der Waals surface area contributed by atoms with Gasteiger partial charge in [0.2, 0.25) is 5.95 Å². The van der Waals surface area contributed by atoms with Crippen molar-refractivity contribution in [1.82, 2.24) is 24.4 Å². The number of aryl methyl sites for hydroxylation is 1. The molecule has 0 bridgehead atoms. The maximum absolute atomic E-state index is 12.8. The molecule has 156 valence electrons. The van der Waals surface area contributed by atoms with Gasteiger partial charge >= 0.3 is 0 Å². The van der Waals surface area contributed by atoms with Crippen LogP contribution in [0.4, 0.5) is 5.95 Å². The molecule has 2 aliphatic rings. The molecule has 0 radical (unpaired) electrons. The topological polar surface area (TPSA) is 67.2 Å². The molecule has 4 heterocycles. The van der Waals surface area contributed by atoms with Crippen LogP contribution in [0.25, 0.3) is 11.0 Å². The highest BCUT2D eigenvalue weighted by Gasteiger charge is 2.24. The lowest BCUT2D eigenvalue weighted by Gasteiger charge is -2.34. The van der Waals surface area contributed by atoms with Gasteiger partial charge in [0.15, 0.2) is 0 Å². The van der Waals surface area contributed by atoms with Gasteiger partial charge < -0.3 is 4.90 Å². The molecule has 7 nitrogen and oxygen atoms in total. The second-order valence-electron chi connectivity index (χ2n) is 8.47. The standard InChI is InChI=1S/C23H28N6O/c1-17-14-21(30)29(19-7-2-3-8-19)22-20(17)15-25-23(26-22)28-12-10-27(11-13-28)16-18-6-4-5-9-24-18/h4-6,9,14-15,19H,2-3,7-8,10-13,16H2,1H3. The van der Waals surface area contributed by atoms with Gasteiger partial charge in [0.25, 0.3) is 5.56 Å². The quantitative estimate of drug-likeness (QED) is 0.666. The minimum absolute atomic E-state index is 0.0664. The van der Waals surface area contributed by atoms with Crippen LogP contribution in [0.5, 0.6) is 0 Å². The Hall–Kier alpha value is -2.80. The Kier molecular flexibility index (Phi) is 5.21. The van der Waals surface area contributed by atoms with Crippen LogP contribution in [0, 0.1) is 6.92 Å². The normalized spacial score (nSPS) is 18.4. The van der Waals surface area contributed by atoms with E-state index in [4.69, 9.17) is 4.98 Å². The lowest BCUT2D eigenvalue weighted by atomic mass is 10.1. The summed E-state index contributed by atoms with van der Waals surface area (Å²) in [6, 6.07) is 8.06. The molecule has 1 saturated carbocycles. The highest BCUT2D eigenvalue weighted by Crippen LogP contribution is 2.31. The minimum Gasteiger partial charge on any atom is -0.338 e. The first-order chi connectivity index (χ1) is 14.7. The minimum atomic E-state index is 0.0664. The van der Waals surface area contributed by atoms with Gasteiger partial charge in [-0.15, -0.1) is 0 Å². The van der Waals surface area contributed by atoms with Crippen LogP contribution in [-0.2, 0) is 6.54 Å². The summed E-state index contributed by atoms with van der Waals surface area (Å²) in [6.45, 7) is 6.48. The Balaban J connectivity index is 1.39. The van der Waals surface area contributed by atoms with E-state index >= 15 is 0 Å². The molecular weight excluding hydrogens is 376 g/mol. The maximum Gasteiger partial charge on any atom is 0.252 e. The van der Waals surface area contributed by atoms with E-state index in [1.807, 2.05) is 36.0 Å². The molecule has 5 rings (SSSR count). The molecule has 0 atom stereocenters. The maximum atomic E-state index is 12.8. The lowest BCUT2D eigenvalue weighted by molar-refractivity contribution is 0.246. The summed E-state index contributed by atoms with van der Waals surface area (Å²) < 4.78 is 1.93. The number of hydrogen-bond acceptors (Lipinski definition) is 6. The summed E-state index contributed by atoms with van der Waals surface area (Å²) >= 11 is 0. The fraction of sp³-hybridized carbons (Fsp3) is 0.478. The first kappa shape index (κ1) is 19.2. The van der Waals surface area contributed by atoms with E-state index in [2.05, 4.69) is 25.8 Å². The summed E-state index contributed by atoms with van der Waals surface area (Å²) in [7, 11) is 0. The molecule has 30 heavy (non-hydrogen) atoms. The zero-order chi connectivity index (χ0) is 20.5. The van der Waals surface area contributed by atoms with Crippen molar-refractivity contribution in [2.24, 2.45) is 0 Å². The fourth-order valence-electron chi connectivity index (χ4n) is 4.76. The summed E-state index contributed by atoms with van der Waals surface area (Å²) in [5, 5.41) is 0.985. The molecule has 3 aromatic heterocycles. The third-order valence-electron chi connectivity index (χ3n) is 6.44. The smallest absolute Gasteiger partial charge is 0.252 e. The van der Waals surface area contributed by atoms with E-state index in [-0.39, 0.29) is 11.6 Å². The Morgan fingerprint density at radius 1 is 1.07 bits per heavy atom. The predicted octanol–water partition coefficient (Wildman–Crippen LogP) is 2.93. The van der Waals surface area contributed by atoms with Crippen molar-refractivity contribution in [2.75, 3.05) is 31.1 Å². The first-order valence-electron chi connectivity index (χ1n) is 10.9. The number of piperazine rings is 1. The van der Waals surface area contributed by atoms with Gasteiger partial charge in [-0.3, -0.25) is 19.2 Å². The average molecular weight is 405 g/mol. The summed E-state index contributed by atoms with van der Waals surface area (Å²) in [5.74, 6) is 0.733. The number of fused-ring (bicyclic) bond motifs is 1. The molecule has 1 aliphatic heterocycles. The summed E-state index contributed by atoms with van der Waals surface area (Å²) in [4.78, 5) is 31.5. The number of pyridine rings is 2. The molecule has 0 unspecified atom stereocenters. The first-order valence-corrected chi connectivity index (χ1v) is 10.9. The van der Waals surface area contributed by atoms with E-state index in [1.165, 1.54) is 12.8 Å². The van der Waals surface area contributed by atoms with Crippen molar-refractivity contribution in [2.45, 2.75) is 45.2 Å². The van der Waals surface area contributed by atoms with Crippen LogP contribution in [0.1, 0.15) is 43.0 Å². The van der Waals surface area contributed by atoms with Gasteiger partial charge in [0, 0.05) is 62.6 Å². The van der Waals surface area contributed by atoms with Crippen molar-refractivity contribution in [1.29, 1.82) is 0 Å². The Morgan fingerprint density at radius 3 is 2.60 bits per heavy atom. The summed E-state index contributed by atoms with van der Waals surface area (Å²) in [5.41, 5.74) is 2.92. The highest BCUT2D eigenvalue weighted by molar-refractivity contribution is 5.79. The van der Waals surface area contributed by atoms with Crippen LogP contribution in [-0.4, -0.2) is 50.6 Å². The molecular formula is C23H28N6O. The molecule has 3 aromatic rings. The van der Waals surface area contributed by atoms with Gasteiger partial charge in [0.05, 0.1) is 5.69 Å². The van der Waals surface area contributed by atoms with Gasteiger partial charge in [0.1, 0.15) is 5.65 Å². The number of anilines is 1. The van der Waals surface area contributed by atoms with Crippen molar-refractivity contribution in [3.63, 3.8) is 0 Å². The molecule has 0 spiro atoms. The van der Waals surface area contributed by atoms with E-state index < -0.39 is 0 Å². The summed E-state index contributed by atoms with van der Waals surface area (Å²) in [6.07, 6.45) is 8.23. The monoisotopic (exact) mass is 404 g/mol.